The molecule has 0 spiro atoms. The van der Waals surface area contributed by atoms with Gasteiger partial charge < -0.3 is 4.74 Å². The van der Waals surface area contributed by atoms with Crippen molar-refractivity contribution in [1.82, 2.24) is 0 Å². The molecule has 2 nitrogen and oxygen atoms in total. The maximum Gasteiger partial charge on any atom is 0.306 e. The first-order chi connectivity index (χ1) is 10.3. The Labute approximate surface area is 129 Å². The summed E-state index contributed by atoms with van der Waals surface area (Å²) in [5.41, 5.74) is 1.21. The third-order valence-corrected chi connectivity index (χ3v) is 5.00. The molecule has 0 amide bonds. The minimum Gasteiger partial charge on any atom is -0.461 e. The van der Waals surface area contributed by atoms with Gasteiger partial charge in [0.25, 0.3) is 0 Å². The van der Waals surface area contributed by atoms with Crippen molar-refractivity contribution in [3.8, 4) is 0 Å². The highest BCUT2D eigenvalue weighted by atomic mass is 32.2. The fourth-order valence-electron chi connectivity index (χ4n) is 2.59. The van der Waals surface area contributed by atoms with E-state index in [4.69, 9.17) is 4.74 Å². The van der Waals surface area contributed by atoms with E-state index in [0.29, 0.717) is 6.42 Å². The highest BCUT2D eigenvalue weighted by Crippen LogP contribution is 2.41. The van der Waals surface area contributed by atoms with Crippen LogP contribution in [-0.4, -0.2) is 12.1 Å². The lowest BCUT2D eigenvalue weighted by atomic mass is 10.0. The Morgan fingerprint density at radius 3 is 2.33 bits per heavy atom. The van der Waals surface area contributed by atoms with Crippen molar-refractivity contribution in [1.29, 1.82) is 0 Å². The van der Waals surface area contributed by atoms with Crippen molar-refractivity contribution in [2.45, 2.75) is 35.5 Å². The molecule has 2 aromatic rings. The van der Waals surface area contributed by atoms with Crippen molar-refractivity contribution in [3.05, 3.63) is 66.2 Å². The fraction of sp³-hybridized carbons (Fsp3) is 0.278. The minimum atomic E-state index is -0.0687. The zero-order valence-corrected chi connectivity index (χ0v) is 12.6. The number of benzene rings is 2. The molecule has 0 radical (unpaired) electrons. The Balaban J connectivity index is 1.85. The van der Waals surface area contributed by atoms with Gasteiger partial charge in [0.15, 0.2) is 0 Å². The number of carbonyl (C=O) groups is 1. The largest absolute Gasteiger partial charge is 0.461 e. The molecular weight excluding hydrogens is 280 g/mol. The van der Waals surface area contributed by atoms with E-state index in [1.165, 1.54) is 10.5 Å². The molecule has 1 fully saturated rings. The summed E-state index contributed by atoms with van der Waals surface area (Å²) in [5.74, 6) is -0.0687. The molecule has 1 heterocycles. The van der Waals surface area contributed by atoms with E-state index in [1.54, 1.807) is 11.8 Å². The lowest BCUT2D eigenvalue weighted by Crippen LogP contribution is -2.28. The molecule has 0 bridgehead atoms. The van der Waals surface area contributed by atoms with E-state index in [-0.39, 0.29) is 17.3 Å². The highest BCUT2D eigenvalue weighted by Gasteiger charge is 2.30. The van der Waals surface area contributed by atoms with E-state index in [2.05, 4.69) is 24.3 Å². The molecule has 0 aromatic heterocycles. The number of cyclic esters (lactones) is 1. The quantitative estimate of drug-likeness (QED) is 0.609. The van der Waals surface area contributed by atoms with Crippen LogP contribution in [0.5, 0.6) is 0 Å². The van der Waals surface area contributed by atoms with Crippen LogP contribution in [0.2, 0.25) is 0 Å². The van der Waals surface area contributed by atoms with Crippen molar-refractivity contribution >= 4 is 17.7 Å². The summed E-state index contributed by atoms with van der Waals surface area (Å²) in [7, 11) is 0. The van der Waals surface area contributed by atoms with Gasteiger partial charge in [0.1, 0.15) is 6.10 Å². The van der Waals surface area contributed by atoms with Crippen molar-refractivity contribution < 1.29 is 9.53 Å². The summed E-state index contributed by atoms with van der Waals surface area (Å²) < 4.78 is 5.62. The maximum absolute atomic E-state index is 11.6. The molecule has 0 unspecified atom stereocenters. The summed E-state index contributed by atoms with van der Waals surface area (Å²) in [6.07, 6.45) is 2.36. The molecule has 1 saturated heterocycles. The number of hydrogen-bond donors (Lipinski definition) is 0. The average Bonchev–Trinajstić information content (AvgIpc) is 2.54. The Hall–Kier alpha value is -1.74. The van der Waals surface area contributed by atoms with Crippen molar-refractivity contribution in [2.24, 2.45) is 0 Å². The number of carbonyl (C=O) groups excluding carboxylic acids is 1. The van der Waals surface area contributed by atoms with E-state index in [0.717, 1.165) is 12.8 Å². The van der Waals surface area contributed by atoms with Crippen LogP contribution >= 0.6 is 11.8 Å². The van der Waals surface area contributed by atoms with Gasteiger partial charge in [-0.1, -0.05) is 48.5 Å². The first kappa shape index (κ1) is 14.2. The van der Waals surface area contributed by atoms with Crippen molar-refractivity contribution in [2.75, 3.05) is 0 Å². The summed E-state index contributed by atoms with van der Waals surface area (Å²) >= 11 is 1.77. The van der Waals surface area contributed by atoms with Crippen LogP contribution in [0.15, 0.2) is 65.6 Å². The van der Waals surface area contributed by atoms with Gasteiger partial charge in [-0.05, 0) is 30.5 Å². The SMILES string of the molecule is O=C1CCC[C@H]([C@H](Sc2ccccc2)c2ccccc2)O1. The van der Waals surface area contributed by atoms with Crippen LogP contribution in [-0.2, 0) is 9.53 Å². The molecule has 1 aliphatic rings. The standard InChI is InChI=1S/C18H18O2S/c19-17-13-7-12-16(20-17)18(14-8-3-1-4-9-14)21-15-10-5-2-6-11-15/h1-6,8-11,16,18H,7,12-13H2/t16-,18-/m1/s1. The lowest BCUT2D eigenvalue weighted by Gasteiger charge is -2.30. The van der Waals surface area contributed by atoms with Gasteiger partial charge in [-0.2, -0.15) is 0 Å². The smallest absolute Gasteiger partial charge is 0.306 e. The molecule has 0 N–H and O–H groups in total. The third kappa shape index (κ3) is 3.67. The van der Waals surface area contributed by atoms with Gasteiger partial charge in [0, 0.05) is 11.3 Å². The van der Waals surface area contributed by atoms with Crippen LogP contribution in [0.3, 0.4) is 0 Å². The molecule has 3 heteroatoms. The molecule has 2 atom stereocenters. The highest BCUT2D eigenvalue weighted by molar-refractivity contribution is 7.99. The number of ether oxygens (including phenoxy) is 1. The normalized spacial score (nSPS) is 19.8. The van der Waals surface area contributed by atoms with Crippen LogP contribution in [0.1, 0.15) is 30.1 Å². The number of hydrogen-bond acceptors (Lipinski definition) is 3. The monoisotopic (exact) mass is 298 g/mol. The Kier molecular flexibility index (Phi) is 4.61. The van der Waals surface area contributed by atoms with E-state index >= 15 is 0 Å². The van der Waals surface area contributed by atoms with Gasteiger partial charge in [0.05, 0.1) is 5.25 Å². The van der Waals surface area contributed by atoms with Gasteiger partial charge in [0.2, 0.25) is 0 Å². The zero-order chi connectivity index (χ0) is 14.5. The predicted molar refractivity (Wildman–Crippen MR) is 85.2 cm³/mol. The Bertz CT molecular complexity index is 583. The van der Waals surface area contributed by atoms with Crippen LogP contribution in [0.25, 0.3) is 0 Å². The Morgan fingerprint density at radius 2 is 1.67 bits per heavy atom. The van der Waals surface area contributed by atoms with Crippen LogP contribution in [0, 0.1) is 0 Å². The van der Waals surface area contributed by atoms with E-state index in [9.17, 15) is 4.79 Å². The predicted octanol–water partition coefficient (Wildman–Crippen LogP) is 4.62. The second kappa shape index (κ2) is 6.81. The maximum atomic E-state index is 11.6. The third-order valence-electron chi connectivity index (χ3n) is 3.62. The first-order valence-electron chi connectivity index (χ1n) is 7.29. The van der Waals surface area contributed by atoms with Crippen molar-refractivity contribution in [3.63, 3.8) is 0 Å². The first-order valence-corrected chi connectivity index (χ1v) is 8.17. The van der Waals surface area contributed by atoms with E-state index < -0.39 is 0 Å². The number of esters is 1. The van der Waals surface area contributed by atoms with Crippen LogP contribution < -0.4 is 0 Å². The lowest BCUT2D eigenvalue weighted by molar-refractivity contribution is -0.153. The average molecular weight is 298 g/mol. The minimum absolute atomic E-state index is 0.0427. The molecule has 3 rings (SSSR count). The molecule has 2 aromatic carbocycles. The fourth-order valence-corrected chi connectivity index (χ4v) is 3.84. The molecule has 21 heavy (non-hydrogen) atoms. The molecule has 1 aliphatic heterocycles. The molecule has 108 valence electrons. The molecule has 0 aliphatic carbocycles. The van der Waals surface area contributed by atoms with Gasteiger partial charge in [-0.25, -0.2) is 0 Å². The van der Waals surface area contributed by atoms with Gasteiger partial charge in [-0.3, -0.25) is 4.79 Å². The second-order valence-electron chi connectivity index (χ2n) is 5.18. The molecule has 0 saturated carbocycles. The summed E-state index contributed by atoms with van der Waals surface area (Å²) in [5, 5.41) is 0.151. The van der Waals surface area contributed by atoms with Gasteiger partial charge in [-0.15, -0.1) is 11.8 Å². The second-order valence-corrected chi connectivity index (χ2v) is 6.40. The van der Waals surface area contributed by atoms with Gasteiger partial charge >= 0.3 is 5.97 Å². The summed E-state index contributed by atoms with van der Waals surface area (Å²) in [6.45, 7) is 0. The summed E-state index contributed by atoms with van der Waals surface area (Å²) in [4.78, 5) is 12.8. The Morgan fingerprint density at radius 1 is 1.00 bits per heavy atom. The molecular formula is C18H18O2S. The zero-order valence-electron chi connectivity index (χ0n) is 11.8. The number of thioether (sulfide) groups is 1. The topological polar surface area (TPSA) is 26.3 Å². The number of rotatable bonds is 4. The summed E-state index contributed by atoms with van der Waals surface area (Å²) in [6, 6.07) is 20.6. The van der Waals surface area contributed by atoms with E-state index in [1.807, 2.05) is 36.4 Å². The van der Waals surface area contributed by atoms with Crippen LogP contribution in [0.4, 0.5) is 0 Å².